The molecule has 90 valence electrons. The summed E-state index contributed by atoms with van der Waals surface area (Å²) in [4.78, 5) is 6.45. The third kappa shape index (κ3) is 3.91. The maximum Gasteiger partial charge on any atom is 0.183 e. The smallest absolute Gasteiger partial charge is 0.183 e. The van der Waals surface area contributed by atoms with Gasteiger partial charge in [0.15, 0.2) is 4.47 Å². The Hall–Kier alpha value is -0.710. The van der Waals surface area contributed by atoms with Crippen LogP contribution in [0.2, 0.25) is 4.47 Å². The zero-order chi connectivity index (χ0) is 12.1. The second kappa shape index (κ2) is 6.28. The van der Waals surface area contributed by atoms with Gasteiger partial charge in [-0.25, -0.2) is 4.98 Å². The molecule has 2 nitrogen and oxygen atoms in total. The molecule has 1 aromatic heterocycles. The van der Waals surface area contributed by atoms with Crippen LogP contribution in [0.3, 0.4) is 0 Å². The average Bonchev–Trinajstić information content (AvgIpc) is 2.75. The number of nitrogens with one attached hydrogen (secondary N) is 1. The molecule has 1 heterocycles. The molecule has 0 saturated heterocycles. The van der Waals surface area contributed by atoms with Crippen molar-refractivity contribution >= 4 is 40.4 Å². The number of thiazole rings is 1. The van der Waals surface area contributed by atoms with Crippen LogP contribution in [0.25, 0.3) is 0 Å². The molecule has 0 aliphatic carbocycles. The van der Waals surface area contributed by atoms with Crippen molar-refractivity contribution < 1.29 is 0 Å². The van der Waals surface area contributed by atoms with E-state index in [0.29, 0.717) is 4.47 Å². The Labute approximate surface area is 114 Å². The lowest BCUT2D eigenvalue weighted by atomic mass is 10.3. The minimum Gasteiger partial charge on any atom is -0.380 e. The molecule has 0 fully saturated rings. The SMILES string of the molecule is CCSc1ccc(NCc2cnc(Cl)s2)cc1. The van der Waals surface area contributed by atoms with Crippen molar-refractivity contribution in [3.8, 4) is 0 Å². The summed E-state index contributed by atoms with van der Waals surface area (Å²) >= 11 is 9.13. The zero-order valence-corrected chi connectivity index (χ0v) is 11.8. The van der Waals surface area contributed by atoms with Crippen molar-refractivity contribution in [1.82, 2.24) is 4.98 Å². The third-order valence-electron chi connectivity index (χ3n) is 2.16. The van der Waals surface area contributed by atoms with Gasteiger partial charge in [0.2, 0.25) is 0 Å². The monoisotopic (exact) mass is 284 g/mol. The van der Waals surface area contributed by atoms with Gasteiger partial charge in [-0.05, 0) is 30.0 Å². The molecule has 0 bridgehead atoms. The Balaban J connectivity index is 1.90. The van der Waals surface area contributed by atoms with Crippen LogP contribution in [0.15, 0.2) is 35.4 Å². The van der Waals surface area contributed by atoms with E-state index < -0.39 is 0 Å². The summed E-state index contributed by atoms with van der Waals surface area (Å²) in [7, 11) is 0. The molecule has 0 unspecified atom stereocenters. The molecule has 2 rings (SSSR count). The summed E-state index contributed by atoms with van der Waals surface area (Å²) in [5.41, 5.74) is 1.12. The summed E-state index contributed by atoms with van der Waals surface area (Å²) < 4.78 is 0.594. The molecule has 0 saturated carbocycles. The number of benzene rings is 1. The minimum absolute atomic E-state index is 0.594. The highest BCUT2D eigenvalue weighted by atomic mass is 35.5. The van der Waals surface area contributed by atoms with Crippen molar-refractivity contribution in [2.75, 3.05) is 11.1 Å². The van der Waals surface area contributed by atoms with Crippen molar-refractivity contribution in [3.63, 3.8) is 0 Å². The van der Waals surface area contributed by atoms with Gasteiger partial charge in [0.1, 0.15) is 0 Å². The van der Waals surface area contributed by atoms with Crippen molar-refractivity contribution in [3.05, 3.63) is 39.8 Å². The summed E-state index contributed by atoms with van der Waals surface area (Å²) in [6.07, 6.45) is 1.81. The number of anilines is 1. The Bertz CT molecular complexity index is 468. The fraction of sp³-hybridized carbons (Fsp3) is 0.250. The molecule has 0 aliphatic heterocycles. The van der Waals surface area contributed by atoms with E-state index in [4.69, 9.17) is 11.6 Å². The Kier molecular flexibility index (Phi) is 4.71. The first-order valence-electron chi connectivity index (χ1n) is 5.35. The summed E-state index contributed by atoms with van der Waals surface area (Å²) in [6, 6.07) is 8.47. The lowest BCUT2D eigenvalue weighted by Crippen LogP contribution is -1.96. The first-order chi connectivity index (χ1) is 8.28. The fourth-order valence-electron chi connectivity index (χ4n) is 1.39. The van der Waals surface area contributed by atoms with Crippen LogP contribution in [0, 0.1) is 0 Å². The first kappa shape index (κ1) is 12.7. The van der Waals surface area contributed by atoms with Gasteiger partial charge in [-0.15, -0.1) is 23.1 Å². The number of hydrogen-bond donors (Lipinski definition) is 1. The lowest BCUT2D eigenvalue weighted by Gasteiger charge is -2.05. The normalized spacial score (nSPS) is 10.5. The molecule has 5 heteroatoms. The van der Waals surface area contributed by atoms with Gasteiger partial charge < -0.3 is 5.32 Å². The predicted octanol–water partition coefficient (Wildman–Crippen LogP) is 4.52. The molecule has 17 heavy (non-hydrogen) atoms. The van der Waals surface area contributed by atoms with Gasteiger partial charge in [0.05, 0.1) is 6.54 Å². The maximum absolute atomic E-state index is 5.77. The average molecular weight is 285 g/mol. The van der Waals surface area contributed by atoms with Crippen molar-refractivity contribution in [2.45, 2.75) is 18.4 Å². The molecule has 2 aromatic rings. The van der Waals surface area contributed by atoms with Gasteiger partial charge in [-0.2, -0.15) is 0 Å². The van der Waals surface area contributed by atoms with E-state index in [1.807, 2.05) is 11.8 Å². The number of nitrogens with zero attached hydrogens (tertiary/aromatic N) is 1. The molecule has 0 aliphatic rings. The molecule has 1 N–H and O–H groups in total. The molecular weight excluding hydrogens is 272 g/mol. The molecular formula is C12H13ClN2S2. The Morgan fingerprint density at radius 2 is 2.12 bits per heavy atom. The van der Waals surface area contributed by atoms with Gasteiger partial charge in [0.25, 0.3) is 0 Å². The van der Waals surface area contributed by atoms with Crippen LogP contribution in [-0.2, 0) is 6.54 Å². The lowest BCUT2D eigenvalue weighted by molar-refractivity contribution is 1.17. The number of halogens is 1. The van der Waals surface area contributed by atoms with Crippen LogP contribution in [0.1, 0.15) is 11.8 Å². The van der Waals surface area contributed by atoms with Crippen LogP contribution in [0.4, 0.5) is 5.69 Å². The molecule has 0 amide bonds. The highest BCUT2D eigenvalue weighted by Gasteiger charge is 1.99. The van der Waals surface area contributed by atoms with Gasteiger partial charge in [-0.1, -0.05) is 18.5 Å². The van der Waals surface area contributed by atoms with Crippen LogP contribution >= 0.6 is 34.7 Å². The predicted molar refractivity (Wildman–Crippen MR) is 77.3 cm³/mol. The van der Waals surface area contributed by atoms with Crippen LogP contribution < -0.4 is 5.32 Å². The van der Waals surface area contributed by atoms with Crippen molar-refractivity contribution in [2.24, 2.45) is 0 Å². The topological polar surface area (TPSA) is 24.9 Å². The quantitative estimate of drug-likeness (QED) is 0.817. The second-order valence-corrected chi connectivity index (χ2v) is 6.43. The van der Waals surface area contributed by atoms with Gasteiger partial charge >= 0.3 is 0 Å². The van der Waals surface area contributed by atoms with Gasteiger partial charge in [-0.3, -0.25) is 0 Å². The van der Waals surface area contributed by atoms with E-state index in [-0.39, 0.29) is 0 Å². The highest BCUT2D eigenvalue weighted by molar-refractivity contribution is 7.99. The summed E-state index contributed by atoms with van der Waals surface area (Å²) in [5, 5.41) is 3.35. The number of thioether (sulfide) groups is 1. The molecule has 1 aromatic carbocycles. The highest BCUT2D eigenvalue weighted by Crippen LogP contribution is 2.21. The molecule has 0 radical (unpaired) electrons. The van der Waals surface area contributed by atoms with E-state index in [1.54, 1.807) is 6.20 Å². The minimum atomic E-state index is 0.594. The Morgan fingerprint density at radius 1 is 1.35 bits per heavy atom. The fourth-order valence-corrected chi connectivity index (χ4v) is 2.97. The third-order valence-corrected chi connectivity index (χ3v) is 4.17. The zero-order valence-electron chi connectivity index (χ0n) is 9.44. The number of aromatic nitrogens is 1. The van der Waals surface area contributed by atoms with E-state index in [2.05, 4.69) is 41.5 Å². The van der Waals surface area contributed by atoms with Crippen LogP contribution in [-0.4, -0.2) is 10.7 Å². The number of hydrogen-bond acceptors (Lipinski definition) is 4. The molecule has 0 spiro atoms. The van der Waals surface area contributed by atoms with Crippen LogP contribution in [0.5, 0.6) is 0 Å². The van der Waals surface area contributed by atoms with Gasteiger partial charge in [0, 0.05) is 21.7 Å². The van der Waals surface area contributed by atoms with E-state index >= 15 is 0 Å². The van der Waals surface area contributed by atoms with E-state index in [9.17, 15) is 0 Å². The largest absolute Gasteiger partial charge is 0.380 e. The summed E-state index contributed by atoms with van der Waals surface area (Å²) in [5.74, 6) is 1.10. The first-order valence-corrected chi connectivity index (χ1v) is 7.53. The number of rotatable bonds is 5. The van der Waals surface area contributed by atoms with Crippen molar-refractivity contribution in [1.29, 1.82) is 0 Å². The van der Waals surface area contributed by atoms with E-state index in [0.717, 1.165) is 22.9 Å². The standard InChI is InChI=1S/C12H13ClN2S2/c1-2-16-10-5-3-9(4-6-10)14-7-11-8-15-12(13)17-11/h3-6,8,14H,2,7H2,1H3. The maximum atomic E-state index is 5.77. The van der Waals surface area contributed by atoms with E-state index in [1.165, 1.54) is 16.2 Å². The molecule has 0 atom stereocenters. The summed E-state index contributed by atoms with van der Waals surface area (Å²) in [6.45, 7) is 2.93. The second-order valence-electron chi connectivity index (χ2n) is 3.39. The Morgan fingerprint density at radius 3 is 2.71 bits per heavy atom.